The van der Waals surface area contributed by atoms with Gasteiger partial charge in [0.2, 0.25) is 0 Å². The molecule has 1 fully saturated rings. The van der Waals surface area contributed by atoms with Crippen LogP contribution in [0.5, 0.6) is 0 Å². The van der Waals surface area contributed by atoms with Crippen molar-refractivity contribution in [3.63, 3.8) is 0 Å². The van der Waals surface area contributed by atoms with Gasteiger partial charge in [-0.25, -0.2) is 9.97 Å². The van der Waals surface area contributed by atoms with Gasteiger partial charge in [0.25, 0.3) is 5.91 Å². The van der Waals surface area contributed by atoms with Gasteiger partial charge in [0.15, 0.2) is 0 Å². The average Bonchev–Trinajstić information content (AvgIpc) is 3.18. The molecule has 1 aliphatic heterocycles. The molecule has 1 aliphatic rings. The lowest BCUT2D eigenvalue weighted by Crippen LogP contribution is -2.36. The topological polar surface area (TPSA) is 93.4 Å². The van der Waals surface area contributed by atoms with Gasteiger partial charge in [-0.1, -0.05) is 45.0 Å². The number of ether oxygens (including phenoxy) is 1. The number of primary amides is 1. The van der Waals surface area contributed by atoms with Crippen LogP contribution in [-0.4, -0.2) is 47.1 Å². The number of nitrogens with two attached hydrogens (primary N) is 1. The van der Waals surface area contributed by atoms with Gasteiger partial charge in [-0.3, -0.25) is 9.69 Å². The first kappa shape index (κ1) is 22.4. The van der Waals surface area contributed by atoms with Gasteiger partial charge in [-0.2, -0.15) is 0 Å². The molecule has 0 aliphatic carbocycles. The first-order valence-corrected chi connectivity index (χ1v) is 11.5. The van der Waals surface area contributed by atoms with Gasteiger partial charge in [-0.15, -0.1) is 11.3 Å². The quantitative estimate of drug-likeness (QED) is 0.584. The van der Waals surface area contributed by atoms with Gasteiger partial charge >= 0.3 is 0 Å². The molecule has 0 bridgehead atoms. The summed E-state index contributed by atoms with van der Waals surface area (Å²) in [5, 5.41) is 3.96. The van der Waals surface area contributed by atoms with Crippen LogP contribution in [0, 0.1) is 0 Å². The molecule has 0 atom stereocenters. The second-order valence-corrected chi connectivity index (χ2v) is 9.97. The van der Waals surface area contributed by atoms with E-state index in [-0.39, 0.29) is 5.41 Å². The highest BCUT2D eigenvalue weighted by atomic mass is 32.1. The molecule has 3 aromatic rings. The first-order chi connectivity index (χ1) is 15.3. The van der Waals surface area contributed by atoms with Crippen LogP contribution in [0.1, 0.15) is 42.5 Å². The Morgan fingerprint density at radius 1 is 1.19 bits per heavy atom. The standard InChI is InChI=1S/C24H29N5O2S/c1-24(2,3)17-6-4-16(5-7-17)19-14-18(22(25)30)23(32-19)28-20-8-9-26-21(27-20)15-29-10-12-31-13-11-29/h4-9,14H,10-13,15H2,1-3H3,(H2,25,30)(H,26,27,28). The Morgan fingerprint density at radius 3 is 2.56 bits per heavy atom. The summed E-state index contributed by atoms with van der Waals surface area (Å²) < 4.78 is 5.40. The summed E-state index contributed by atoms with van der Waals surface area (Å²) in [4.78, 5) is 24.4. The maximum Gasteiger partial charge on any atom is 0.251 e. The van der Waals surface area contributed by atoms with Gasteiger partial charge in [0.05, 0.1) is 25.3 Å². The summed E-state index contributed by atoms with van der Waals surface area (Å²) in [5.74, 6) is 0.901. The number of morpholine rings is 1. The smallest absolute Gasteiger partial charge is 0.251 e. The number of benzene rings is 1. The van der Waals surface area contributed by atoms with E-state index in [1.165, 1.54) is 16.9 Å². The number of nitrogens with zero attached hydrogens (tertiary/aromatic N) is 3. The Hall–Kier alpha value is -2.81. The van der Waals surface area contributed by atoms with Crippen molar-refractivity contribution in [2.24, 2.45) is 5.73 Å². The summed E-state index contributed by atoms with van der Waals surface area (Å²) in [6, 6.07) is 12.1. The maximum absolute atomic E-state index is 12.1. The molecule has 4 rings (SSSR count). The van der Waals surface area contributed by atoms with E-state index >= 15 is 0 Å². The molecule has 0 unspecified atom stereocenters. The minimum atomic E-state index is -0.469. The van der Waals surface area contributed by atoms with Gasteiger partial charge < -0.3 is 15.8 Å². The van der Waals surface area contributed by atoms with Gasteiger partial charge in [0.1, 0.15) is 16.6 Å². The summed E-state index contributed by atoms with van der Waals surface area (Å²) in [7, 11) is 0. The number of thiophene rings is 1. The van der Waals surface area contributed by atoms with E-state index in [1.807, 2.05) is 6.07 Å². The molecule has 1 aromatic carbocycles. The van der Waals surface area contributed by atoms with Crippen LogP contribution >= 0.6 is 11.3 Å². The fourth-order valence-corrected chi connectivity index (χ4v) is 4.64. The molecule has 1 saturated heterocycles. The zero-order valence-electron chi connectivity index (χ0n) is 18.7. The molecular formula is C24H29N5O2S. The molecular weight excluding hydrogens is 422 g/mol. The van der Waals surface area contributed by atoms with Gasteiger partial charge in [-0.05, 0) is 28.7 Å². The lowest BCUT2D eigenvalue weighted by molar-refractivity contribution is 0.0331. The van der Waals surface area contributed by atoms with E-state index in [4.69, 9.17) is 10.5 Å². The van der Waals surface area contributed by atoms with Crippen molar-refractivity contribution < 1.29 is 9.53 Å². The zero-order valence-corrected chi connectivity index (χ0v) is 19.5. The number of carbonyl (C=O) groups excluding carboxylic acids is 1. The predicted molar refractivity (Wildman–Crippen MR) is 128 cm³/mol. The summed E-state index contributed by atoms with van der Waals surface area (Å²) in [6.45, 7) is 10.4. The van der Waals surface area contributed by atoms with E-state index in [2.05, 4.69) is 65.2 Å². The number of anilines is 2. The largest absolute Gasteiger partial charge is 0.379 e. The molecule has 7 nitrogen and oxygen atoms in total. The van der Waals surface area contributed by atoms with Crippen LogP contribution in [0.15, 0.2) is 42.6 Å². The molecule has 8 heteroatoms. The maximum atomic E-state index is 12.1. The molecule has 3 N–H and O–H groups in total. The third-order valence-corrected chi connectivity index (χ3v) is 6.55. The lowest BCUT2D eigenvalue weighted by atomic mass is 9.86. The van der Waals surface area contributed by atoms with Crippen molar-refractivity contribution in [3.8, 4) is 10.4 Å². The predicted octanol–water partition coefficient (Wildman–Crippen LogP) is 4.18. The van der Waals surface area contributed by atoms with Gasteiger partial charge in [0, 0.05) is 24.2 Å². The average molecular weight is 452 g/mol. The highest BCUT2D eigenvalue weighted by Crippen LogP contribution is 2.37. The molecule has 0 radical (unpaired) electrons. The fraction of sp³-hybridized carbons (Fsp3) is 0.375. The number of aromatic nitrogens is 2. The van der Waals surface area contributed by atoms with Crippen molar-refractivity contribution in [1.29, 1.82) is 0 Å². The van der Waals surface area contributed by atoms with Crippen LogP contribution in [0.3, 0.4) is 0 Å². The number of hydrogen-bond donors (Lipinski definition) is 2. The molecule has 1 amide bonds. The number of nitrogens with one attached hydrogen (secondary N) is 1. The van der Waals surface area contributed by atoms with E-state index < -0.39 is 5.91 Å². The Bertz CT molecular complexity index is 1080. The highest BCUT2D eigenvalue weighted by Gasteiger charge is 2.18. The second kappa shape index (κ2) is 9.36. The van der Waals surface area contributed by atoms with Crippen LogP contribution < -0.4 is 11.1 Å². The Labute approximate surface area is 192 Å². The molecule has 168 valence electrons. The van der Waals surface area contributed by atoms with E-state index in [0.29, 0.717) is 22.9 Å². The SMILES string of the molecule is CC(C)(C)c1ccc(-c2cc(C(N)=O)c(Nc3ccnc(CN4CCOCC4)n3)s2)cc1. The van der Waals surface area contributed by atoms with Crippen molar-refractivity contribution in [2.45, 2.75) is 32.7 Å². The Morgan fingerprint density at radius 2 is 1.91 bits per heavy atom. The molecule has 0 saturated carbocycles. The minimum Gasteiger partial charge on any atom is -0.379 e. The number of rotatable bonds is 6. The number of hydrogen-bond acceptors (Lipinski definition) is 7. The normalized spacial score (nSPS) is 15.0. The van der Waals surface area contributed by atoms with Crippen LogP contribution in [0.25, 0.3) is 10.4 Å². The van der Waals surface area contributed by atoms with Crippen LogP contribution in [0.2, 0.25) is 0 Å². The molecule has 3 heterocycles. The minimum absolute atomic E-state index is 0.0883. The van der Waals surface area contributed by atoms with Crippen molar-refractivity contribution in [1.82, 2.24) is 14.9 Å². The molecule has 32 heavy (non-hydrogen) atoms. The molecule has 2 aromatic heterocycles. The third-order valence-electron chi connectivity index (χ3n) is 5.45. The Balaban J connectivity index is 1.55. The summed E-state index contributed by atoms with van der Waals surface area (Å²) >= 11 is 1.49. The van der Waals surface area contributed by atoms with Crippen LogP contribution in [-0.2, 0) is 16.7 Å². The fourth-order valence-electron chi connectivity index (χ4n) is 3.56. The lowest BCUT2D eigenvalue weighted by Gasteiger charge is -2.25. The summed E-state index contributed by atoms with van der Waals surface area (Å²) in [5.41, 5.74) is 8.53. The molecule has 0 spiro atoms. The number of carbonyl (C=O) groups is 1. The second-order valence-electron chi connectivity index (χ2n) is 8.92. The number of amides is 1. The third kappa shape index (κ3) is 5.32. The van der Waals surface area contributed by atoms with Crippen molar-refractivity contribution in [3.05, 3.63) is 59.5 Å². The Kier molecular flexibility index (Phi) is 6.55. The summed E-state index contributed by atoms with van der Waals surface area (Å²) in [6.07, 6.45) is 1.73. The van der Waals surface area contributed by atoms with E-state index in [1.54, 1.807) is 12.3 Å². The highest BCUT2D eigenvalue weighted by molar-refractivity contribution is 7.19. The zero-order chi connectivity index (χ0) is 22.7. The van der Waals surface area contributed by atoms with Crippen LogP contribution in [0.4, 0.5) is 10.8 Å². The van der Waals surface area contributed by atoms with E-state index in [0.717, 1.165) is 42.6 Å². The first-order valence-electron chi connectivity index (χ1n) is 10.7. The monoisotopic (exact) mass is 451 g/mol. The van der Waals surface area contributed by atoms with Crippen molar-refractivity contribution in [2.75, 3.05) is 31.6 Å². The van der Waals surface area contributed by atoms with E-state index in [9.17, 15) is 4.79 Å². The van der Waals surface area contributed by atoms with Crippen molar-refractivity contribution >= 4 is 28.1 Å².